The lowest BCUT2D eigenvalue weighted by Crippen LogP contribution is -2.37. The van der Waals surface area contributed by atoms with Crippen molar-refractivity contribution in [2.45, 2.75) is 19.4 Å². The lowest BCUT2D eigenvalue weighted by molar-refractivity contribution is -0.135. The molecule has 0 saturated heterocycles. The summed E-state index contributed by atoms with van der Waals surface area (Å²) in [5.74, 6) is -3.05. The largest absolute Gasteiger partial charge is 0.338 e. The Morgan fingerprint density at radius 1 is 1.00 bits per heavy atom. The van der Waals surface area contributed by atoms with Crippen LogP contribution in [0.4, 0.5) is 14.5 Å². The second kappa shape index (κ2) is 6.52. The summed E-state index contributed by atoms with van der Waals surface area (Å²) in [5.41, 5.74) is 2.61. The zero-order valence-corrected chi connectivity index (χ0v) is 14.0. The third-order valence-corrected chi connectivity index (χ3v) is 5.07. The van der Waals surface area contributed by atoms with Gasteiger partial charge in [0.2, 0.25) is 11.8 Å². The predicted octanol–water partition coefficient (Wildman–Crippen LogP) is 3.12. The first-order valence-electron chi connectivity index (χ1n) is 8.64. The molecule has 134 valence electrons. The zero-order valence-electron chi connectivity index (χ0n) is 14.0. The highest BCUT2D eigenvalue weighted by molar-refractivity contribution is 5.99. The van der Waals surface area contributed by atoms with Gasteiger partial charge in [-0.1, -0.05) is 24.3 Å². The van der Waals surface area contributed by atoms with Crippen LogP contribution in [-0.2, 0) is 22.6 Å². The summed E-state index contributed by atoms with van der Waals surface area (Å²) < 4.78 is 26.2. The molecular weight excluding hydrogens is 338 g/mol. The Balaban J connectivity index is 1.36. The van der Waals surface area contributed by atoms with Crippen molar-refractivity contribution in [1.29, 1.82) is 0 Å². The van der Waals surface area contributed by atoms with Crippen molar-refractivity contribution in [3.05, 3.63) is 65.2 Å². The first-order valence-corrected chi connectivity index (χ1v) is 8.64. The van der Waals surface area contributed by atoms with E-state index in [1.807, 2.05) is 18.2 Å². The second-order valence-electron chi connectivity index (χ2n) is 6.85. The molecule has 0 radical (unpaired) electrons. The smallest absolute Gasteiger partial charge is 0.228 e. The van der Waals surface area contributed by atoms with Crippen molar-refractivity contribution in [2.24, 2.45) is 11.8 Å². The van der Waals surface area contributed by atoms with Crippen LogP contribution in [0, 0.1) is 23.5 Å². The number of amides is 2. The zero-order chi connectivity index (χ0) is 18.3. The number of carbonyl (C=O) groups excluding carboxylic acids is 2. The molecule has 26 heavy (non-hydrogen) atoms. The van der Waals surface area contributed by atoms with Crippen molar-refractivity contribution in [1.82, 2.24) is 4.90 Å². The van der Waals surface area contributed by atoms with E-state index >= 15 is 0 Å². The fourth-order valence-electron chi connectivity index (χ4n) is 3.48. The lowest BCUT2D eigenvalue weighted by Gasteiger charge is -2.29. The fourth-order valence-corrected chi connectivity index (χ4v) is 3.48. The molecule has 2 aromatic rings. The molecule has 2 amide bonds. The number of nitrogens with zero attached hydrogens (tertiary/aromatic N) is 1. The molecule has 2 unspecified atom stereocenters. The summed E-state index contributed by atoms with van der Waals surface area (Å²) in [6.07, 6.45) is 1.31. The quantitative estimate of drug-likeness (QED) is 0.919. The summed E-state index contributed by atoms with van der Waals surface area (Å²) in [6, 6.07) is 11.3. The van der Waals surface area contributed by atoms with Gasteiger partial charge in [0.25, 0.3) is 0 Å². The van der Waals surface area contributed by atoms with Gasteiger partial charge in [-0.2, -0.15) is 0 Å². The van der Waals surface area contributed by atoms with E-state index in [-0.39, 0.29) is 23.4 Å². The number of benzene rings is 2. The van der Waals surface area contributed by atoms with Gasteiger partial charge < -0.3 is 10.2 Å². The van der Waals surface area contributed by atoms with Crippen LogP contribution in [0.15, 0.2) is 42.5 Å². The molecular formula is C20H18F2N2O2. The average molecular weight is 356 g/mol. The minimum absolute atomic E-state index is 0.00932. The van der Waals surface area contributed by atoms with Crippen molar-refractivity contribution >= 4 is 17.5 Å². The average Bonchev–Trinajstić information content (AvgIpc) is 3.45. The lowest BCUT2D eigenvalue weighted by atomic mass is 9.99. The summed E-state index contributed by atoms with van der Waals surface area (Å²) in [5, 5.41) is 2.56. The molecule has 4 rings (SSSR count). The van der Waals surface area contributed by atoms with Crippen molar-refractivity contribution in [3.8, 4) is 0 Å². The van der Waals surface area contributed by atoms with Crippen LogP contribution < -0.4 is 5.32 Å². The maximum atomic E-state index is 13.2. The maximum Gasteiger partial charge on any atom is 0.228 e. The van der Waals surface area contributed by atoms with Gasteiger partial charge in [-0.3, -0.25) is 9.59 Å². The van der Waals surface area contributed by atoms with E-state index < -0.39 is 17.6 Å². The SMILES string of the molecule is O=C(Nc1ccc(F)c(F)c1)C1CC1C(=O)N1CCc2ccccc2C1. The Labute approximate surface area is 149 Å². The van der Waals surface area contributed by atoms with Gasteiger partial charge in [-0.15, -0.1) is 0 Å². The highest BCUT2D eigenvalue weighted by atomic mass is 19.2. The predicted molar refractivity (Wildman–Crippen MR) is 92.1 cm³/mol. The van der Waals surface area contributed by atoms with Crippen molar-refractivity contribution in [2.75, 3.05) is 11.9 Å². The molecule has 1 fully saturated rings. The van der Waals surface area contributed by atoms with E-state index in [4.69, 9.17) is 0 Å². The molecule has 0 spiro atoms. The summed E-state index contributed by atoms with van der Waals surface area (Å²) in [7, 11) is 0. The Morgan fingerprint density at radius 3 is 2.54 bits per heavy atom. The van der Waals surface area contributed by atoms with Gasteiger partial charge in [0, 0.05) is 24.8 Å². The van der Waals surface area contributed by atoms with Gasteiger partial charge in [0.15, 0.2) is 11.6 Å². The Morgan fingerprint density at radius 2 is 1.77 bits per heavy atom. The minimum Gasteiger partial charge on any atom is -0.338 e. The standard InChI is InChI=1S/C20H18F2N2O2/c21-17-6-5-14(9-18(17)22)23-19(25)15-10-16(15)20(26)24-8-7-12-3-1-2-4-13(12)11-24/h1-6,9,15-16H,7-8,10-11H2,(H,23,25). The number of carbonyl (C=O) groups is 2. The molecule has 2 aromatic carbocycles. The number of anilines is 1. The molecule has 0 bridgehead atoms. The Hall–Kier alpha value is -2.76. The van der Waals surface area contributed by atoms with Crippen LogP contribution in [0.5, 0.6) is 0 Å². The molecule has 2 atom stereocenters. The molecule has 0 aromatic heterocycles. The molecule has 1 heterocycles. The van der Waals surface area contributed by atoms with Crippen molar-refractivity contribution < 1.29 is 18.4 Å². The first kappa shape index (κ1) is 16.7. The van der Waals surface area contributed by atoms with E-state index in [9.17, 15) is 18.4 Å². The van der Waals surface area contributed by atoms with Gasteiger partial charge in [0.05, 0.1) is 11.8 Å². The summed E-state index contributed by atoms with van der Waals surface area (Å²) in [6.45, 7) is 1.23. The molecule has 6 heteroatoms. The van der Waals surface area contributed by atoms with E-state index in [2.05, 4.69) is 11.4 Å². The molecule has 1 aliphatic carbocycles. The third-order valence-electron chi connectivity index (χ3n) is 5.07. The van der Waals surface area contributed by atoms with Crippen LogP contribution >= 0.6 is 0 Å². The van der Waals surface area contributed by atoms with Crippen LogP contribution in [0.1, 0.15) is 17.5 Å². The molecule has 4 nitrogen and oxygen atoms in total. The van der Waals surface area contributed by atoms with Gasteiger partial charge in [-0.25, -0.2) is 8.78 Å². The Kier molecular flexibility index (Phi) is 4.18. The van der Waals surface area contributed by atoms with Gasteiger partial charge in [0.1, 0.15) is 0 Å². The number of fused-ring (bicyclic) bond motifs is 1. The molecule has 1 saturated carbocycles. The van der Waals surface area contributed by atoms with Crippen LogP contribution in [0.3, 0.4) is 0 Å². The minimum atomic E-state index is -1.02. The van der Waals surface area contributed by atoms with Gasteiger partial charge in [-0.05, 0) is 36.1 Å². The van der Waals surface area contributed by atoms with Crippen LogP contribution in [0.25, 0.3) is 0 Å². The number of hydrogen-bond acceptors (Lipinski definition) is 2. The Bertz CT molecular complexity index is 884. The highest BCUT2D eigenvalue weighted by Crippen LogP contribution is 2.41. The maximum absolute atomic E-state index is 13.2. The van der Waals surface area contributed by atoms with Gasteiger partial charge >= 0.3 is 0 Å². The van der Waals surface area contributed by atoms with Crippen LogP contribution in [-0.4, -0.2) is 23.3 Å². The molecule has 1 N–H and O–H groups in total. The topological polar surface area (TPSA) is 49.4 Å². The molecule has 2 aliphatic rings. The van der Waals surface area contributed by atoms with E-state index in [1.165, 1.54) is 11.6 Å². The number of halogens is 2. The first-order chi connectivity index (χ1) is 12.5. The molecule has 1 aliphatic heterocycles. The van der Waals surface area contributed by atoms with Crippen LogP contribution in [0.2, 0.25) is 0 Å². The number of hydrogen-bond donors (Lipinski definition) is 1. The number of nitrogens with one attached hydrogen (secondary N) is 1. The second-order valence-corrected chi connectivity index (χ2v) is 6.85. The number of rotatable bonds is 3. The highest BCUT2D eigenvalue weighted by Gasteiger charge is 2.49. The summed E-state index contributed by atoms with van der Waals surface area (Å²) in [4.78, 5) is 26.7. The normalized spacial score (nSPS) is 21.1. The third kappa shape index (κ3) is 3.19. The van der Waals surface area contributed by atoms with E-state index in [1.54, 1.807) is 4.90 Å². The monoisotopic (exact) mass is 356 g/mol. The van der Waals surface area contributed by atoms with E-state index in [0.717, 1.165) is 24.1 Å². The fraction of sp³-hybridized carbons (Fsp3) is 0.300. The van der Waals surface area contributed by atoms with Crippen molar-refractivity contribution in [3.63, 3.8) is 0 Å². The summed E-state index contributed by atoms with van der Waals surface area (Å²) >= 11 is 0. The van der Waals surface area contributed by atoms with E-state index in [0.29, 0.717) is 19.5 Å².